The van der Waals surface area contributed by atoms with Gasteiger partial charge in [-0.25, -0.2) is 13.1 Å². The summed E-state index contributed by atoms with van der Waals surface area (Å²) < 4.78 is 27.5. The molecule has 1 N–H and O–H groups in total. The van der Waals surface area contributed by atoms with Gasteiger partial charge in [0.25, 0.3) is 0 Å². The molecule has 3 nitrogen and oxygen atoms in total. The molecule has 0 aromatic heterocycles. The smallest absolute Gasteiger partial charge is 0.211 e. The summed E-state index contributed by atoms with van der Waals surface area (Å²) in [5, 5.41) is 0. The van der Waals surface area contributed by atoms with Crippen LogP contribution in [0.5, 0.6) is 0 Å². The van der Waals surface area contributed by atoms with Crippen molar-refractivity contribution in [3.8, 4) is 0 Å². The van der Waals surface area contributed by atoms with Crippen molar-refractivity contribution in [2.24, 2.45) is 0 Å². The fraction of sp³-hybridized carbons (Fsp3) is 0.200. The van der Waals surface area contributed by atoms with Crippen LogP contribution < -0.4 is 4.72 Å². The Labute approximate surface area is 112 Å². The lowest BCUT2D eigenvalue weighted by Crippen LogP contribution is -2.24. The number of sulfonamides is 1. The van der Waals surface area contributed by atoms with E-state index in [1.807, 2.05) is 0 Å². The summed E-state index contributed by atoms with van der Waals surface area (Å²) in [7, 11) is -3.46. The Morgan fingerprint density at radius 1 is 1.38 bits per heavy atom. The molecule has 0 aliphatic carbocycles. The number of benzene rings is 1. The van der Waals surface area contributed by atoms with E-state index in [0.717, 1.165) is 4.47 Å². The lowest BCUT2D eigenvalue weighted by molar-refractivity contribution is 0.581. The molecule has 0 atom stereocenters. The molecular formula is C10H11Br2NO2S. The quantitative estimate of drug-likeness (QED) is 0.641. The molecule has 0 heterocycles. The Morgan fingerprint density at radius 2 is 2.06 bits per heavy atom. The van der Waals surface area contributed by atoms with Crippen LogP contribution in [0.1, 0.15) is 6.42 Å². The van der Waals surface area contributed by atoms with Crippen molar-refractivity contribution in [1.29, 1.82) is 0 Å². The topological polar surface area (TPSA) is 46.2 Å². The second-order valence-electron chi connectivity index (χ2n) is 3.05. The van der Waals surface area contributed by atoms with Gasteiger partial charge in [-0.3, -0.25) is 0 Å². The highest BCUT2D eigenvalue weighted by Gasteiger charge is 2.16. The average Bonchev–Trinajstić information content (AvgIpc) is 2.22. The van der Waals surface area contributed by atoms with Gasteiger partial charge < -0.3 is 0 Å². The third-order valence-corrected chi connectivity index (χ3v) is 4.77. The van der Waals surface area contributed by atoms with E-state index in [0.29, 0.717) is 17.4 Å². The molecule has 0 saturated carbocycles. The lowest BCUT2D eigenvalue weighted by Gasteiger charge is -2.07. The zero-order valence-electron chi connectivity index (χ0n) is 8.41. The van der Waals surface area contributed by atoms with Gasteiger partial charge in [-0.2, -0.15) is 0 Å². The molecule has 88 valence electrons. The van der Waals surface area contributed by atoms with E-state index in [-0.39, 0.29) is 4.90 Å². The number of hydrogen-bond donors (Lipinski definition) is 1. The minimum atomic E-state index is -3.46. The van der Waals surface area contributed by atoms with Crippen LogP contribution >= 0.6 is 31.9 Å². The number of hydrogen-bond acceptors (Lipinski definition) is 2. The van der Waals surface area contributed by atoms with Crippen molar-refractivity contribution in [2.45, 2.75) is 11.3 Å². The maximum Gasteiger partial charge on any atom is 0.241 e. The summed E-state index contributed by atoms with van der Waals surface area (Å²) in [5.74, 6) is 0. The van der Waals surface area contributed by atoms with Crippen molar-refractivity contribution in [1.82, 2.24) is 4.72 Å². The molecule has 0 bridgehead atoms. The Bertz CT molecular complexity index is 486. The van der Waals surface area contributed by atoms with Crippen LogP contribution in [-0.4, -0.2) is 15.0 Å². The lowest BCUT2D eigenvalue weighted by atomic mass is 10.4. The largest absolute Gasteiger partial charge is 0.241 e. The zero-order valence-corrected chi connectivity index (χ0v) is 12.4. The normalized spacial score (nSPS) is 11.4. The molecular weight excluding hydrogens is 358 g/mol. The first-order valence-corrected chi connectivity index (χ1v) is 7.60. The molecule has 1 rings (SSSR count). The Kier molecular flexibility index (Phi) is 5.17. The standard InChI is InChI=1S/C10H11Br2NO2S/c1-2-3-6-13-16(14,15)10-7-8(11)4-5-9(10)12/h2,4-5,7,13H,1,3,6H2. The SMILES string of the molecule is C=CCCNS(=O)(=O)c1cc(Br)ccc1Br. The minimum absolute atomic E-state index is 0.228. The number of halogens is 2. The first kappa shape index (κ1) is 13.9. The third-order valence-electron chi connectivity index (χ3n) is 1.82. The van der Waals surface area contributed by atoms with Gasteiger partial charge in [0.1, 0.15) is 0 Å². The molecule has 0 amide bonds. The second kappa shape index (κ2) is 5.95. The van der Waals surface area contributed by atoms with Gasteiger partial charge >= 0.3 is 0 Å². The highest BCUT2D eigenvalue weighted by atomic mass is 79.9. The molecule has 0 spiro atoms. The van der Waals surface area contributed by atoms with Gasteiger partial charge in [0.2, 0.25) is 10.0 Å². The Morgan fingerprint density at radius 3 is 2.69 bits per heavy atom. The maximum absolute atomic E-state index is 11.9. The summed E-state index contributed by atoms with van der Waals surface area (Å²) in [6.07, 6.45) is 2.27. The molecule has 6 heteroatoms. The maximum atomic E-state index is 11.9. The van der Waals surface area contributed by atoms with E-state index in [2.05, 4.69) is 43.2 Å². The van der Waals surface area contributed by atoms with Crippen LogP contribution in [0.3, 0.4) is 0 Å². The molecule has 16 heavy (non-hydrogen) atoms. The van der Waals surface area contributed by atoms with Crippen molar-refractivity contribution in [3.05, 3.63) is 39.8 Å². The monoisotopic (exact) mass is 367 g/mol. The molecule has 0 aliphatic rings. The fourth-order valence-corrected chi connectivity index (χ4v) is 3.60. The highest BCUT2D eigenvalue weighted by Crippen LogP contribution is 2.25. The fourth-order valence-electron chi connectivity index (χ4n) is 1.06. The Balaban J connectivity index is 2.97. The van der Waals surface area contributed by atoms with E-state index in [1.54, 1.807) is 24.3 Å². The van der Waals surface area contributed by atoms with Crippen molar-refractivity contribution in [3.63, 3.8) is 0 Å². The molecule has 0 aliphatic heterocycles. The highest BCUT2D eigenvalue weighted by molar-refractivity contribution is 9.11. The van der Waals surface area contributed by atoms with Crippen molar-refractivity contribution < 1.29 is 8.42 Å². The average molecular weight is 369 g/mol. The number of rotatable bonds is 5. The van der Waals surface area contributed by atoms with E-state index in [9.17, 15) is 8.42 Å². The first-order chi connectivity index (χ1) is 7.47. The molecule has 1 aromatic carbocycles. The van der Waals surface area contributed by atoms with Crippen LogP contribution in [-0.2, 0) is 10.0 Å². The summed E-state index contributed by atoms with van der Waals surface area (Å²) >= 11 is 6.46. The van der Waals surface area contributed by atoms with Gasteiger partial charge in [-0.1, -0.05) is 22.0 Å². The first-order valence-electron chi connectivity index (χ1n) is 4.53. The second-order valence-corrected chi connectivity index (χ2v) is 6.56. The van der Waals surface area contributed by atoms with Gasteiger partial charge in [-0.05, 0) is 40.5 Å². The van der Waals surface area contributed by atoms with Crippen molar-refractivity contribution in [2.75, 3.05) is 6.54 Å². The minimum Gasteiger partial charge on any atom is -0.211 e. The predicted molar refractivity (Wildman–Crippen MR) is 71.8 cm³/mol. The molecule has 0 fully saturated rings. The summed E-state index contributed by atoms with van der Waals surface area (Å²) in [4.78, 5) is 0.228. The van der Waals surface area contributed by atoms with E-state index >= 15 is 0 Å². The van der Waals surface area contributed by atoms with E-state index < -0.39 is 10.0 Å². The van der Waals surface area contributed by atoms with Gasteiger partial charge in [0.05, 0.1) is 4.90 Å². The number of nitrogens with one attached hydrogen (secondary N) is 1. The molecule has 1 aromatic rings. The molecule has 0 radical (unpaired) electrons. The zero-order chi connectivity index (χ0) is 12.2. The van der Waals surface area contributed by atoms with Crippen LogP contribution in [0.2, 0.25) is 0 Å². The third kappa shape index (κ3) is 3.69. The van der Waals surface area contributed by atoms with E-state index in [1.165, 1.54) is 0 Å². The summed E-state index contributed by atoms with van der Waals surface area (Å²) in [6.45, 7) is 3.89. The van der Waals surface area contributed by atoms with Gasteiger partial charge in [0.15, 0.2) is 0 Å². The van der Waals surface area contributed by atoms with Crippen LogP contribution in [0.25, 0.3) is 0 Å². The summed E-state index contributed by atoms with van der Waals surface area (Å²) in [5.41, 5.74) is 0. The molecule has 0 saturated heterocycles. The van der Waals surface area contributed by atoms with Gasteiger partial charge in [-0.15, -0.1) is 6.58 Å². The summed E-state index contributed by atoms with van der Waals surface area (Å²) in [6, 6.07) is 5.01. The van der Waals surface area contributed by atoms with Crippen LogP contribution in [0.4, 0.5) is 0 Å². The van der Waals surface area contributed by atoms with Crippen LogP contribution in [0.15, 0.2) is 44.7 Å². The van der Waals surface area contributed by atoms with Crippen molar-refractivity contribution >= 4 is 41.9 Å². The Hall–Kier alpha value is -0.170. The molecule has 0 unspecified atom stereocenters. The van der Waals surface area contributed by atoms with E-state index in [4.69, 9.17) is 0 Å². The predicted octanol–water partition coefficient (Wildman–Crippen LogP) is 3.07. The van der Waals surface area contributed by atoms with Gasteiger partial charge in [0, 0.05) is 15.5 Å². The van der Waals surface area contributed by atoms with Crippen LogP contribution in [0, 0.1) is 0 Å².